The summed E-state index contributed by atoms with van der Waals surface area (Å²) in [7, 11) is -3.93. The number of azo groups is 2. The van der Waals surface area contributed by atoms with Crippen LogP contribution in [0, 0.1) is 17.0 Å². The number of fused-ring (bicyclic) bond motifs is 1. The van der Waals surface area contributed by atoms with Gasteiger partial charge < -0.3 is 15.3 Å². The Hall–Kier alpha value is -5.19. The second-order valence-electron chi connectivity index (χ2n) is 10.2. The Morgan fingerprint density at radius 3 is 1.98 bits per heavy atom. The van der Waals surface area contributed by atoms with Crippen LogP contribution in [0.25, 0.3) is 16.5 Å². The minimum Gasteiger partial charge on any atom is -0.506 e. The second-order valence-corrected chi connectivity index (χ2v) is 11.8. The third kappa shape index (κ3) is 9.54. The number of primary sulfonamides is 1. The minimum atomic E-state index is -3.93. The molecule has 51 heavy (non-hydrogen) atoms. The van der Waals surface area contributed by atoms with E-state index >= 15 is 0 Å². The van der Waals surface area contributed by atoms with E-state index in [0.717, 1.165) is 35.7 Å². The zero-order valence-electron chi connectivity index (χ0n) is 26.8. The summed E-state index contributed by atoms with van der Waals surface area (Å²) in [6.45, 7) is 1.66. The third-order valence-electron chi connectivity index (χ3n) is 6.89. The Bertz CT molecular complexity index is 2440. The molecule has 6 N–H and O–H groups in total. The number of nitrogens with zero attached hydrogens (tertiary/aromatic N) is 6. The molecule has 1 aromatic heterocycles. The Morgan fingerprint density at radius 2 is 1.33 bits per heavy atom. The molecule has 19 heteroatoms. The predicted molar refractivity (Wildman–Crippen MR) is 179 cm³/mol. The molecule has 16 nitrogen and oxygen atoms in total. The molecular formula is C32H26CrN8NaO8S+. The molecule has 0 saturated carbocycles. The number of benzene rings is 5. The van der Waals surface area contributed by atoms with Crippen LogP contribution in [-0.4, -0.2) is 38.4 Å². The molecule has 0 unspecified atom stereocenters. The smallest absolute Gasteiger partial charge is 0.506 e. The van der Waals surface area contributed by atoms with Crippen molar-refractivity contribution in [2.75, 3.05) is 0 Å². The maximum Gasteiger partial charge on any atom is 1.00 e. The number of hydrogen-bond acceptors (Lipinski definition) is 12. The third-order valence-corrected chi connectivity index (χ3v) is 7.81. The molecule has 254 valence electrons. The van der Waals surface area contributed by atoms with Crippen LogP contribution in [0.4, 0.5) is 28.4 Å². The topological polar surface area (TPSA) is 251 Å². The van der Waals surface area contributed by atoms with Crippen molar-refractivity contribution >= 4 is 49.2 Å². The van der Waals surface area contributed by atoms with Crippen molar-refractivity contribution in [2.45, 2.75) is 11.8 Å². The number of non-ortho nitro benzene ring substituents is 1. The van der Waals surface area contributed by atoms with E-state index in [1.54, 1.807) is 49.4 Å². The number of sulfonamides is 1. The maximum absolute atomic E-state index is 12.5. The molecule has 1 heterocycles. The number of aryl methyl sites for hydroxylation is 1. The van der Waals surface area contributed by atoms with Gasteiger partial charge in [-0.2, -0.15) is 0 Å². The molecule has 5 aromatic carbocycles. The molecule has 0 atom stereocenters. The first kappa shape index (κ1) is 40.2. The van der Waals surface area contributed by atoms with Crippen molar-refractivity contribution in [3.63, 3.8) is 0 Å². The molecule has 0 aliphatic rings. The van der Waals surface area contributed by atoms with Crippen molar-refractivity contribution in [1.29, 1.82) is 0 Å². The molecule has 0 amide bonds. The fraction of sp³-hybridized carbons (Fsp3) is 0.0312. The van der Waals surface area contributed by atoms with E-state index in [9.17, 15) is 38.6 Å². The number of aromatic hydroxyl groups is 3. The van der Waals surface area contributed by atoms with Crippen LogP contribution in [0.1, 0.15) is 5.69 Å². The van der Waals surface area contributed by atoms with E-state index in [1.165, 1.54) is 16.8 Å². The van der Waals surface area contributed by atoms with Crippen LogP contribution in [0.2, 0.25) is 0 Å². The molecule has 0 aliphatic carbocycles. The number of para-hydroxylation sites is 1. The fourth-order valence-electron chi connectivity index (χ4n) is 4.44. The molecule has 0 bridgehead atoms. The number of aromatic amines is 1. The fourth-order valence-corrected chi connectivity index (χ4v) is 4.97. The van der Waals surface area contributed by atoms with E-state index in [-0.39, 0.29) is 97.5 Å². The van der Waals surface area contributed by atoms with Gasteiger partial charge in [0, 0.05) is 34.9 Å². The van der Waals surface area contributed by atoms with E-state index in [4.69, 9.17) is 5.14 Å². The quantitative estimate of drug-likeness (QED) is 0.0691. The molecule has 0 spiro atoms. The summed E-state index contributed by atoms with van der Waals surface area (Å²) in [5.41, 5.74) is 0.548. The summed E-state index contributed by atoms with van der Waals surface area (Å²) >= 11 is 0. The number of phenols is 3. The first-order valence-corrected chi connectivity index (χ1v) is 15.6. The van der Waals surface area contributed by atoms with Crippen molar-refractivity contribution in [3.05, 3.63) is 129 Å². The normalized spacial score (nSPS) is 11.1. The number of hydrogen-bond donors (Lipinski definition) is 5. The number of rotatable bonds is 7. The standard InChI is InChI=1S/C16H13N5O4.C16H13N3O4S.Cr.Na/c1-10-15(16(23)20(19-10)11-5-3-2-4-6-11)18-17-13-9-12(21(24)25)7-8-14(13)22;17-24(22,23)11-6-8-14(20)13(9-11)18-19-16-12-4-2-1-3-10(12)5-7-15(16)21;;/h2-9,19,22H,1H3;1-9,20-21H,(H2,17,22,23);;/q;;;+1. The second kappa shape index (κ2) is 17.2. The van der Waals surface area contributed by atoms with Gasteiger partial charge in [-0.05, 0) is 54.8 Å². The van der Waals surface area contributed by atoms with Gasteiger partial charge in [0.2, 0.25) is 10.0 Å². The minimum absolute atomic E-state index is 0. The van der Waals surface area contributed by atoms with Gasteiger partial charge in [0.15, 0.2) is 5.69 Å². The van der Waals surface area contributed by atoms with Crippen LogP contribution in [-0.2, 0) is 27.4 Å². The Balaban J connectivity index is 0.000000265. The molecule has 6 rings (SSSR count). The summed E-state index contributed by atoms with van der Waals surface area (Å²) in [5, 5.41) is 65.3. The van der Waals surface area contributed by atoms with Crippen LogP contribution in [0.15, 0.2) is 133 Å². The number of nitrogens with one attached hydrogen (secondary N) is 1. The molecular weight excluding hydrogens is 731 g/mol. The molecule has 0 radical (unpaired) electrons. The number of aromatic nitrogens is 2. The SMILES string of the molecule is Cc1[nH]n(-c2ccccc2)c(=O)c1N=Nc1cc([N+](=O)[O-])ccc1O.NS(=O)(=O)c1ccc(O)c(N=Nc2c(O)ccc3ccccc23)c1.[Cr].[Na+]. The van der Waals surface area contributed by atoms with Gasteiger partial charge in [-0.1, -0.05) is 48.5 Å². The number of nitro benzene ring substituents is 1. The van der Waals surface area contributed by atoms with E-state index < -0.39 is 20.5 Å². The van der Waals surface area contributed by atoms with E-state index in [1.807, 2.05) is 18.2 Å². The van der Waals surface area contributed by atoms with E-state index in [0.29, 0.717) is 16.8 Å². The van der Waals surface area contributed by atoms with Gasteiger partial charge in [0.25, 0.3) is 11.2 Å². The number of nitrogens with two attached hydrogens (primary N) is 1. The van der Waals surface area contributed by atoms with Crippen molar-refractivity contribution in [1.82, 2.24) is 9.78 Å². The van der Waals surface area contributed by atoms with Crippen molar-refractivity contribution < 1.29 is 75.6 Å². The van der Waals surface area contributed by atoms with Gasteiger partial charge >= 0.3 is 29.6 Å². The zero-order valence-corrected chi connectivity index (χ0v) is 30.9. The summed E-state index contributed by atoms with van der Waals surface area (Å²) < 4.78 is 24.1. The van der Waals surface area contributed by atoms with Crippen LogP contribution < -0.4 is 40.3 Å². The first-order valence-electron chi connectivity index (χ1n) is 14.1. The Morgan fingerprint density at radius 1 is 0.765 bits per heavy atom. The Kier molecular flexibility index (Phi) is 13.5. The summed E-state index contributed by atoms with van der Waals surface area (Å²) in [5.74, 6) is -0.614. The molecule has 6 aromatic rings. The number of nitro groups is 1. The molecule has 0 fully saturated rings. The average Bonchev–Trinajstić information content (AvgIpc) is 3.36. The maximum atomic E-state index is 12.5. The Labute approximate surface area is 322 Å². The van der Waals surface area contributed by atoms with Gasteiger partial charge in [-0.3, -0.25) is 20.0 Å². The van der Waals surface area contributed by atoms with Crippen LogP contribution in [0.3, 0.4) is 0 Å². The molecule has 0 saturated heterocycles. The zero-order chi connectivity index (χ0) is 35.3. The van der Waals surface area contributed by atoms with Crippen LogP contribution in [0.5, 0.6) is 17.2 Å². The van der Waals surface area contributed by atoms with Gasteiger partial charge in [-0.15, -0.1) is 20.5 Å². The summed E-state index contributed by atoms with van der Waals surface area (Å²) in [4.78, 5) is 22.5. The molecule has 0 aliphatic heterocycles. The summed E-state index contributed by atoms with van der Waals surface area (Å²) in [6.07, 6.45) is 0. The van der Waals surface area contributed by atoms with Crippen molar-refractivity contribution in [2.24, 2.45) is 25.6 Å². The predicted octanol–water partition coefficient (Wildman–Crippen LogP) is 3.82. The average molecular weight is 758 g/mol. The first-order chi connectivity index (χ1) is 23.3. The van der Waals surface area contributed by atoms with Crippen LogP contribution >= 0.6 is 0 Å². The van der Waals surface area contributed by atoms with Gasteiger partial charge in [0.05, 0.1) is 21.2 Å². The number of H-pyrrole nitrogens is 1. The van der Waals surface area contributed by atoms with Crippen molar-refractivity contribution in [3.8, 4) is 22.9 Å². The van der Waals surface area contributed by atoms with E-state index in [2.05, 4.69) is 25.6 Å². The largest absolute Gasteiger partial charge is 1.00 e. The number of phenolic OH excluding ortho intramolecular Hbond substituents is 3. The monoisotopic (exact) mass is 757 g/mol. The van der Waals surface area contributed by atoms with Gasteiger partial charge in [-0.25, -0.2) is 18.2 Å². The summed E-state index contributed by atoms with van der Waals surface area (Å²) in [6, 6.07) is 26.2. The van der Waals surface area contributed by atoms with Gasteiger partial charge in [0.1, 0.15) is 34.3 Å².